The van der Waals surface area contributed by atoms with Gasteiger partial charge in [-0.3, -0.25) is 4.90 Å². The van der Waals surface area contributed by atoms with Gasteiger partial charge in [0.05, 0.1) is 6.61 Å². The predicted molar refractivity (Wildman–Crippen MR) is 85.4 cm³/mol. The Morgan fingerprint density at radius 2 is 2.00 bits per heavy atom. The summed E-state index contributed by atoms with van der Waals surface area (Å²) in [4.78, 5) is 4.76. The molecule has 5 nitrogen and oxygen atoms in total. The van der Waals surface area contributed by atoms with Crippen LogP contribution in [0.5, 0.6) is 11.5 Å². The Labute approximate surface area is 132 Å². The molecule has 1 N–H and O–H groups in total. The van der Waals surface area contributed by atoms with Crippen LogP contribution < -0.4 is 9.47 Å². The first-order valence-corrected chi connectivity index (χ1v) is 8.19. The van der Waals surface area contributed by atoms with Crippen LogP contribution in [0.1, 0.15) is 18.4 Å². The second kappa shape index (κ2) is 7.31. The molecule has 1 fully saturated rings. The van der Waals surface area contributed by atoms with Crippen LogP contribution in [-0.2, 0) is 6.54 Å². The summed E-state index contributed by atoms with van der Waals surface area (Å²) in [5, 5.41) is 9.43. The number of hydrogen-bond acceptors (Lipinski definition) is 5. The molecule has 1 aromatic rings. The summed E-state index contributed by atoms with van der Waals surface area (Å²) in [5.74, 6) is 1.72. The minimum Gasteiger partial charge on any atom is -0.486 e. The smallest absolute Gasteiger partial charge is 0.165 e. The highest BCUT2D eigenvalue weighted by atomic mass is 16.6. The SMILES string of the molecule is CN1CCC(N(CCO)Cc2cccc3c2OCCO3)CC1. The summed E-state index contributed by atoms with van der Waals surface area (Å²) in [7, 11) is 2.17. The molecule has 0 saturated carbocycles. The number of aliphatic hydroxyl groups excluding tert-OH is 1. The zero-order chi connectivity index (χ0) is 15.4. The van der Waals surface area contributed by atoms with Crippen molar-refractivity contribution in [3.8, 4) is 11.5 Å². The third-order valence-electron chi connectivity index (χ3n) is 4.61. The molecule has 5 heteroatoms. The first-order valence-electron chi connectivity index (χ1n) is 8.19. The number of likely N-dealkylation sites (tertiary alicyclic amines) is 1. The van der Waals surface area contributed by atoms with Crippen LogP contribution in [0.4, 0.5) is 0 Å². The Balaban J connectivity index is 1.73. The number of hydrogen-bond donors (Lipinski definition) is 1. The summed E-state index contributed by atoms with van der Waals surface area (Å²) in [5.41, 5.74) is 1.16. The van der Waals surface area contributed by atoms with Crippen molar-refractivity contribution in [1.29, 1.82) is 0 Å². The highest BCUT2D eigenvalue weighted by Crippen LogP contribution is 2.34. The van der Waals surface area contributed by atoms with Crippen molar-refractivity contribution in [3.63, 3.8) is 0 Å². The van der Waals surface area contributed by atoms with Crippen LogP contribution in [0.3, 0.4) is 0 Å². The van der Waals surface area contributed by atoms with Gasteiger partial charge in [0.2, 0.25) is 0 Å². The molecule has 0 unspecified atom stereocenters. The van der Waals surface area contributed by atoms with E-state index in [1.165, 1.54) is 0 Å². The maximum absolute atomic E-state index is 9.43. The summed E-state index contributed by atoms with van der Waals surface area (Å²) < 4.78 is 11.5. The molecule has 0 atom stereocenters. The number of para-hydroxylation sites is 1. The molecule has 122 valence electrons. The Kier molecular flexibility index (Phi) is 5.18. The van der Waals surface area contributed by atoms with Crippen LogP contribution in [0.25, 0.3) is 0 Å². The largest absolute Gasteiger partial charge is 0.486 e. The molecule has 0 radical (unpaired) electrons. The number of aliphatic hydroxyl groups is 1. The van der Waals surface area contributed by atoms with Gasteiger partial charge < -0.3 is 19.5 Å². The molecule has 0 spiro atoms. The van der Waals surface area contributed by atoms with Crippen molar-refractivity contribution in [1.82, 2.24) is 9.80 Å². The topological polar surface area (TPSA) is 45.2 Å². The van der Waals surface area contributed by atoms with Gasteiger partial charge in [0.1, 0.15) is 13.2 Å². The average molecular weight is 306 g/mol. The predicted octanol–water partition coefficient (Wildman–Crippen LogP) is 1.35. The summed E-state index contributed by atoms with van der Waals surface area (Å²) in [6.45, 7) is 5.18. The van der Waals surface area contributed by atoms with E-state index in [9.17, 15) is 5.11 Å². The lowest BCUT2D eigenvalue weighted by Crippen LogP contribution is -2.44. The number of piperidine rings is 1. The van der Waals surface area contributed by atoms with Crippen molar-refractivity contribution in [2.24, 2.45) is 0 Å². The molecule has 22 heavy (non-hydrogen) atoms. The lowest BCUT2D eigenvalue weighted by Gasteiger charge is -2.37. The van der Waals surface area contributed by atoms with Gasteiger partial charge in [-0.1, -0.05) is 12.1 Å². The molecule has 3 rings (SSSR count). The Hall–Kier alpha value is -1.30. The van der Waals surface area contributed by atoms with E-state index in [1.54, 1.807) is 0 Å². The molecule has 2 aliphatic rings. The molecule has 0 aromatic heterocycles. The zero-order valence-electron chi connectivity index (χ0n) is 13.3. The van der Waals surface area contributed by atoms with E-state index in [1.807, 2.05) is 12.1 Å². The van der Waals surface area contributed by atoms with Gasteiger partial charge in [-0.2, -0.15) is 0 Å². The van der Waals surface area contributed by atoms with E-state index in [0.29, 0.717) is 25.8 Å². The maximum Gasteiger partial charge on any atom is 0.165 e. The second-order valence-corrected chi connectivity index (χ2v) is 6.17. The molecule has 1 saturated heterocycles. The highest BCUT2D eigenvalue weighted by Gasteiger charge is 2.25. The summed E-state index contributed by atoms with van der Waals surface area (Å²) in [6.07, 6.45) is 2.31. The minimum absolute atomic E-state index is 0.193. The van der Waals surface area contributed by atoms with Crippen molar-refractivity contribution in [2.45, 2.75) is 25.4 Å². The van der Waals surface area contributed by atoms with Crippen molar-refractivity contribution in [2.75, 3.05) is 46.5 Å². The van der Waals surface area contributed by atoms with Crippen LogP contribution in [0, 0.1) is 0 Å². The van der Waals surface area contributed by atoms with Gasteiger partial charge in [-0.25, -0.2) is 0 Å². The monoisotopic (exact) mass is 306 g/mol. The lowest BCUT2D eigenvalue weighted by molar-refractivity contribution is 0.0918. The van der Waals surface area contributed by atoms with Crippen LogP contribution in [0.15, 0.2) is 18.2 Å². The van der Waals surface area contributed by atoms with Crippen LogP contribution >= 0.6 is 0 Å². The number of nitrogens with zero attached hydrogens (tertiary/aromatic N) is 2. The van der Waals surface area contributed by atoms with Gasteiger partial charge in [0, 0.05) is 24.7 Å². The first-order chi connectivity index (χ1) is 10.8. The van der Waals surface area contributed by atoms with Gasteiger partial charge in [-0.15, -0.1) is 0 Å². The summed E-state index contributed by atoms with van der Waals surface area (Å²) in [6, 6.07) is 6.62. The molecule has 2 heterocycles. The third-order valence-corrected chi connectivity index (χ3v) is 4.61. The van der Waals surface area contributed by atoms with E-state index in [0.717, 1.165) is 49.5 Å². The summed E-state index contributed by atoms with van der Waals surface area (Å²) >= 11 is 0. The van der Waals surface area contributed by atoms with Gasteiger partial charge in [0.15, 0.2) is 11.5 Å². The standard InChI is InChI=1S/C17H26N2O3/c1-18-7-5-15(6-8-18)19(9-10-20)13-14-3-2-4-16-17(14)22-12-11-21-16/h2-4,15,20H,5-13H2,1H3. The molecule has 0 bridgehead atoms. The highest BCUT2D eigenvalue weighted by molar-refractivity contribution is 5.47. The fraction of sp³-hybridized carbons (Fsp3) is 0.647. The van der Waals surface area contributed by atoms with E-state index in [2.05, 4.69) is 22.9 Å². The molecular formula is C17H26N2O3. The Bertz CT molecular complexity index is 487. The second-order valence-electron chi connectivity index (χ2n) is 6.17. The molecule has 0 amide bonds. The molecule has 1 aromatic carbocycles. The third kappa shape index (κ3) is 3.54. The quantitative estimate of drug-likeness (QED) is 0.889. The maximum atomic E-state index is 9.43. The first kappa shape index (κ1) is 15.6. The van der Waals surface area contributed by atoms with E-state index >= 15 is 0 Å². The molecule has 2 aliphatic heterocycles. The number of fused-ring (bicyclic) bond motifs is 1. The average Bonchev–Trinajstić information content (AvgIpc) is 2.55. The Morgan fingerprint density at radius 3 is 2.77 bits per heavy atom. The molecule has 0 aliphatic carbocycles. The lowest BCUT2D eigenvalue weighted by atomic mass is 10.0. The van der Waals surface area contributed by atoms with E-state index in [4.69, 9.17) is 9.47 Å². The minimum atomic E-state index is 0.193. The molecular weight excluding hydrogens is 280 g/mol. The fourth-order valence-corrected chi connectivity index (χ4v) is 3.36. The van der Waals surface area contributed by atoms with Crippen LogP contribution in [0.2, 0.25) is 0 Å². The number of rotatable bonds is 5. The van der Waals surface area contributed by atoms with E-state index in [-0.39, 0.29) is 6.61 Å². The van der Waals surface area contributed by atoms with Gasteiger partial charge in [0.25, 0.3) is 0 Å². The fourth-order valence-electron chi connectivity index (χ4n) is 3.36. The zero-order valence-corrected chi connectivity index (χ0v) is 13.3. The van der Waals surface area contributed by atoms with Crippen molar-refractivity contribution < 1.29 is 14.6 Å². The number of ether oxygens (including phenoxy) is 2. The van der Waals surface area contributed by atoms with Crippen molar-refractivity contribution in [3.05, 3.63) is 23.8 Å². The van der Waals surface area contributed by atoms with E-state index < -0.39 is 0 Å². The van der Waals surface area contributed by atoms with Gasteiger partial charge >= 0.3 is 0 Å². The van der Waals surface area contributed by atoms with Gasteiger partial charge in [-0.05, 0) is 39.0 Å². The Morgan fingerprint density at radius 1 is 1.23 bits per heavy atom. The van der Waals surface area contributed by atoms with Crippen molar-refractivity contribution >= 4 is 0 Å². The number of benzene rings is 1. The normalized spacial score (nSPS) is 19.6. The van der Waals surface area contributed by atoms with Crippen LogP contribution in [-0.4, -0.2) is 67.5 Å².